The van der Waals surface area contributed by atoms with Crippen LogP contribution in [-0.2, 0) is 14.2 Å². The van der Waals surface area contributed by atoms with Gasteiger partial charge in [-0.2, -0.15) is 0 Å². The molecular weight excluding hydrogens is 306 g/mol. The first-order valence-electron chi connectivity index (χ1n) is 8.14. The average Bonchev–Trinajstić information content (AvgIpc) is 2.53. The summed E-state index contributed by atoms with van der Waals surface area (Å²) in [5.74, 6) is 0. The Balaban J connectivity index is 2.22. The minimum absolute atomic E-state index is 0.270. The molecule has 0 aromatic heterocycles. The van der Waals surface area contributed by atoms with Gasteiger partial charge < -0.3 is 34.8 Å². The van der Waals surface area contributed by atoms with Crippen molar-refractivity contribution in [3.8, 4) is 0 Å². The Kier molecular flexibility index (Phi) is 9.42. The summed E-state index contributed by atoms with van der Waals surface area (Å²) in [7, 11) is 1.29. The van der Waals surface area contributed by atoms with E-state index in [-0.39, 0.29) is 6.61 Å². The first-order valence-corrected chi connectivity index (χ1v) is 8.14. The minimum atomic E-state index is -1.39. The van der Waals surface area contributed by atoms with E-state index in [4.69, 9.17) is 14.2 Å². The molecule has 1 amide bonds. The van der Waals surface area contributed by atoms with Crippen molar-refractivity contribution in [1.82, 2.24) is 5.32 Å². The Labute approximate surface area is 136 Å². The summed E-state index contributed by atoms with van der Waals surface area (Å²) in [5, 5.41) is 32.0. The lowest BCUT2D eigenvalue weighted by atomic mass is 9.99. The summed E-state index contributed by atoms with van der Waals surface area (Å²) < 4.78 is 14.9. The SMILES string of the molecule is CCCCCCCNC(=O)OC[C@H]1O[C@H](O)[C@H](OC)[C@@H](O)[C@@H]1O. The van der Waals surface area contributed by atoms with E-state index < -0.39 is 36.8 Å². The zero-order chi connectivity index (χ0) is 17.2. The van der Waals surface area contributed by atoms with E-state index >= 15 is 0 Å². The van der Waals surface area contributed by atoms with Gasteiger partial charge in [0, 0.05) is 13.7 Å². The molecule has 0 unspecified atom stereocenters. The fourth-order valence-corrected chi connectivity index (χ4v) is 2.44. The van der Waals surface area contributed by atoms with Crippen molar-refractivity contribution in [2.45, 2.75) is 69.7 Å². The number of amides is 1. The van der Waals surface area contributed by atoms with Crippen LogP contribution in [0.3, 0.4) is 0 Å². The molecule has 4 N–H and O–H groups in total. The van der Waals surface area contributed by atoms with E-state index in [1.165, 1.54) is 20.0 Å². The molecule has 1 heterocycles. The number of aliphatic hydroxyl groups excluding tert-OH is 3. The zero-order valence-corrected chi connectivity index (χ0v) is 13.8. The van der Waals surface area contributed by atoms with Gasteiger partial charge in [-0.1, -0.05) is 32.6 Å². The molecule has 1 saturated heterocycles. The Bertz CT molecular complexity index is 342. The number of hydrogen-bond donors (Lipinski definition) is 4. The van der Waals surface area contributed by atoms with E-state index in [1.807, 2.05) is 0 Å². The van der Waals surface area contributed by atoms with Gasteiger partial charge in [0.25, 0.3) is 0 Å². The largest absolute Gasteiger partial charge is 0.447 e. The quantitative estimate of drug-likeness (QED) is 0.443. The van der Waals surface area contributed by atoms with Gasteiger partial charge in [-0.25, -0.2) is 4.79 Å². The number of unbranched alkanes of at least 4 members (excludes halogenated alkanes) is 4. The van der Waals surface area contributed by atoms with Gasteiger partial charge in [0.2, 0.25) is 0 Å². The summed E-state index contributed by atoms with van der Waals surface area (Å²) in [6.07, 6.45) is -1.27. The second kappa shape index (κ2) is 10.8. The van der Waals surface area contributed by atoms with Gasteiger partial charge in [-0.3, -0.25) is 0 Å². The standard InChI is InChI=1S/C15H29NO7/c1-3-4-5-6-7-8-16-15(20)22-9-10-11(17)12(18)13(21-2)14(19)23-10/h10-14,17-19H,3-9H2,1-2H3,(H,16,20)/t10-,11-,12+,13-,14+/m1/s1. The van der Waals surface area contributed by atoms with Crippen LogP contribution in [0.5, 0.6) is 0 Å². The van der Waals surface area contributed by atoms with Crippen molar-refractivity contribution in [3.05, 3.63) is 0 Å². The molecule has 1 rings (SSSR count). The molecular formula is C15H29NO7. The molecule has 23 heavy (non-hydrogen) atoms. The van der Waals surface area contributed by atoms with Crippen molar-refractivity contribution in [1.29, 1.82) is 0 Å². The second-order valence-corrected chi connectivity index (χ2v) is 5.69. The third-order valence-electron chi connectivity index (χ3n) is 3.86. The van der Waals surface area contributed by atoms with Crippen molar-refractivity contribution < 1.29 is 34.3 Å². The summed E-state index contributed by atoms with van der Waals surface area (Å²) in [4.78, 5) is 11.5. The number of aliphatic hydroxyl groups is 3. The van der Waals surface area contributed by atoms with Gasteiger partial charge in [0.1, 0.15) is 31.0 Å². The Morgan fingerprint density at radius 3 is 2.48 bits per heavy atom. The molecule has 8 nitrogen and oxygen atoms in total. The van der Waals surface area contributed by atoms with Crippen LogP contribution in [0.4, 0.5) is 4.79 Å². The molecule has 0 aliphatic carbocycles. The topological polar surface area (TPSA) is 117 Å². The fourth-order valence-electron chi connectivity index (χ4n) is 2.44. The lowest BCUT2D eigenvalue weighted by molar-refractivity contribution is -0.291. The maximum absolute atomic E-state index is 11.5. The molecule has 8 heteroatoms. The number of rotatable bonds is 9. The second-order valence-electron chi connectivity index (χ2n) is 5.69. The minimum Gasteiger partial charge on any atom is -0.447 e. The van der Waals surface area contributed by atoms with E-state index in [0.717, 1.165) is 19.3 Å². The maximum atomic E-state index is 11.5. The monoisotopic (exact) mass is 335 g/mol. The summed E-state index contributed by atoms with van der Waals surface area (Å²) in [6, 6.07) is 0. The molecule has 0 saturated carbocycles. The number of carbonyl (C=O) groups is 1. The molecule has 136 valence electrons. The average molecular weight is 335 g/mol. The zero-order valence-electron chi connectivity index (χ0n) is 13.8. The highest BCUT2D eigenvalue weighted by Crippen LogP contribution is 2.22. The Morgan fingerprint density at radius 2 is 1.83 bits per heavy atom. The first-order chi connectivity index (χ1) is 11.0. The first kappa shape index (κ1) is 20.1. The van der Waals surface area contributed by atoms with Crippen LogP contribution in [0.1, 0.15) is 39.0 Å². The predicted octanol–water partition coefficient (Wildman–Crippen LogP) is 0.137. The highest BCUT2D eigenvalue weighted by atomic mass is 16.7. The molecule has 0 aromatic carbocycles. The lowest BCUT2D eigenvalue weighted by Crippen LogP contribution is -2.59. The van der Waals surface area contributed by atoms with E-state index in [1.54, 1.807) is 0 Å². The number of ether oxygens (including phenoxy) is 3. The Hall–Kier alpha value is -0.930. The summed E-state index contributed by atoms with van der Waals surface area (Å²) in [5.41, 5.74) is 0. The molecule has 0 bridgehead atoms. The molecule has 5 atom stereocenters. The Morgan fingerprint density at radius 1 is 1.13 bits per heavy atom. The van der Waals surface area contributed by atoms with E-state index in [0.29, 0.717) is 6.54 Å². The molecule has 0 radical (unpaired) electrons. The smallest absolute Gasteiger partial charge is 0.407 e. The maximum Gasteiger partial charge on any atom is 0.407 e. The fraction of sp³-hybridized carbons (Fsp3) is 0.933. The van der Waals surface area contributed by atoms with Crippen molar-refractivity contribution >= 4 is 6.09 Å². The number of hydrogen-bond acceptors (Lipinski definition) is 7. The van der Waals surface area contributed by atoms with Gasteiger partial charge in [-0.15, -0.1) is 0 Å². The highest BCUT2D eigenvalue weighted by Gasteiger charge is 2.44. The highest BCUT2D eigenvalue weighted by molar-refractivity contribution is 5.67. The molecule has 1 aliphatic rings. The normalized spacial score (nSPS) is 30.9. The van der Waals surface area contributed by atoms with Gasteiger partial charge in [0.05, 0.1) is 0 Å². The molecule has 1 aliphatic heterocycles. The van der Waals surface area contributed by atoms with Crippen LogP contribution < -0.4 is 5.32 Å². The third kappa shape index (κ3) is 6.60. The van der Waals surface area contributed by atoms with Crippen molar-refractivity contribution in [2.24, 2.45) is 0 Å². The van der Waals surface area contributed by atoms with Crippen LogP contribution in [0.25, 0.3) is 0 Å². The molecule has 0 spiro atoms. The van der Waals surface area contributed by atoms with E-state index in [2.05, 4.69) is 12.2 Å². The third-order valence-corrected chi connectivity index (χ3v) is 3.86. The number of nitrogens with one attached hydrogen (secondary N) is 1. The molecule has 1 fully saturated rings. The number of methoxy groups -OCH3 is 1. The number of carbonyl (C=O) groups excluding carboxylic acids is 1. The van der Waals surface area contributed by atoms with Crippen LogP contribution in [-0.4, -0.2) is 72.4 Å². The van der Waals surface area contributed by atoms with Gasteiger partial charge in [0.15, 0.2) is 6.29 Å². The molecule has 0 aromatic rings. The predicted molar refractivity (Wildman–Crippen MR) is 81.8 cm³/mol. The summed E-state index contributed by atoms with van der Waals surface area (Å²) in [6.45, 7) is 2.39. The van der Waals surface area contributed by atoms with Crippen molar-refractivity contribution in [3.63, 3.8) is 0 Å². The number of alkyl carbamates (subject to hydrolysis) is 1. The van der Waals surface area contributed by atoms with Crippen LogP contribution >= 0.6 is 0 Å². The van der Waals surface area contributed by atoms with Crippen LogP contribution in [0, 0.1) is 0 Å². The van der Waals surface area contributed by atoms with Crippen molar-refractivity contribution in [2.75, 3.05) is 20.3 Å². The van der Waals surface area contributed by atoms with Gasteiger partial charge in [-0.05, 0) is 6.42 Å². The lowest BCUT2D eigenvalue weighted by Gasteiger charge is -2.39. The van der Waals surface area contributed by atoms with Crippen LogP contribution in [0.2, 0.25) is 0 Å². The summed E-state index contributed by atoms with van der Waals surface area (Å²) >= 11 is 0. The van der Waals surface area contributed by atoms with Gasteiger partial charge >= 0.3 is 6.09 Å². The van der Waals surface area contributed by atoms with E-state index in [9.17, 15) is 20.1 Å². The van der Waals surface area contributed by atoms with Crippen LogP contribution in [0.15, 0.2) is 0 Å².